The second-order valence-electron chi connectivity index (χ2n) is 2.51. The van der Waals surface area contributed by atoms with Crippen LogP contribution >= 0.6 is 15.9 Å². The van der Waals surface area contributed by atoms with Crippen molar-refractivity contribution in [2.75, 3.05) is 7.11 Å². The molecular formula is C8H9BrF2N2O. The Hall–Kier alpha value is -0.750. The third-order valence-electron chi connectivity index (χ3n) is 1.72. The van der Waals surface area contributed by atoms with Crippen LogP contribution < -0.4 is 10.5 Å². The van der Waals surface area contributed by atoms with Gasteiger partial charge in [-0.15, -0.1) is 0 Å². The van der Waals surface area contributed by atoms with Crippen molar-refractivity contribution in [1.29, 1.82) is 0 Å². The van der Waals surface area contributed by atoms with Crippen molar-refractivity contribution in [3.8, 4) is 5.75 Å². The van der Waals surface area contributed by atoms with Gasteiger partial charge in [0, 0.05) is 6.54 Å². The van der Waals surface area contributed by atoms with Gasteiger partial charge in [0.2, 0.25) is 0 Å². The SMILES string of the molecule is COc1cnc(CN)c(Br)c1C(F)F. The number of nitrogens with zero attached hydrogens (tertiary/aromatic N) is 1. The molecule has 0 aliphatic rings. The lowest BCUT2D eigenvalue weighted by Gasteiger charge is -2.11. The molecule has 0 atom stereocenters. The second kappa shape index (κ2) is 4.65. The van der Waals surface area contributed by atoms with Gasteiger partial charge in [-0.3, -0.25) is 4.98 Å². The maximum absolute atomic E-state index is 12.6. The number of ether oxygens (including phenoxy) is 1. The molecule has 2 N–H and O–H groups in total. The van der Waals surface area contributed by atoms with Crippen molar-refractivity contribution in [1.82, 2.24) is 4.98 Å². The highest BCUT2D eigenvalue weighted by Crippen LogP contribution is 2.36. The van der Waals surface area contributed by atoms with Gasteiger partial charge in [0.15, 0.2) is 0 Å². The molecule has 0 aliphatic carbocycles. The Bertz CT molecular complexity index is 333. The van der Waals surface area contributed by atoms with E-state index in [9.17, 15) is 8.78 Å². The Kier molecular flexibility index (Phi) is 3.77. The molecule has 14 heavy (non-hydrogen) atoms. The molecule has 1 rings (SSSR count). The number of nitrogens with two attached hydrogens (primary N) is 1. The molecule has 3 nitrogen and oxygen atoms in total. The van der Waals surface area contributed by atoms with Gasteiger partial charge < -0.3 is 10.5 Å². The van der Waals surface area contributed by atoms with Crippen LogP contribution in [0.15, 0.2) is 10.7 Å². The summed E-state index contributed by atoms with van der Waals surface area (Å²) >= 11 is 3.03. The van der Waals surface area contributed by atoms with Crippen LogP contribution in [-0.2, 0) is 6.54 Å². The summed E-state index contributed by atoms with van der Waals surface area (Å²) < 4.78 is 30.2. The van der Waals surface area contributed by atoms with E-state index in [0.29, 0.717) is 5.69 Å². The molecule has 1 heterocycles. The van der Waals surface area contributed by atoms with E-state index in [2.05, 4.69) is 20.9 Å². The Morgan fingerprint density at radius 3 is 2.71 bits per heavy atom. The van der Waals surface area contributed by atoms with Gasteiger partial charge in [-0.05, 0) is 15.9 Å². The number of rotatable bonds is 3. The van der Waals surface area contributed by atoms with Gasteiger partial charge in [-0.2, -0.15) is 0 Å². The third-order valence-corrected chi connectivity index (χ3v) is 2.61. The summed E-state index contributed by atoms with van der Waals surface area (Å²) in [7, 11) is 1.32. The summed E-state index contributed by atoms with van der Waals surface area (Å²) in [6.07, 6.45) is -1.37. The zero-order valence-corrected chi connectivity index (χ0v) is 9.01. The maximum atomic E-state index is 12.6. The van der Waals surface area contributed by atoms with Crippen molar-refractivity contribution in [2.45, 2.75) is 13.0 Å². The van der Waals surface area contributed by atoms with E-state index < -0.39 is 6.43 Å². The van der Waals surface area contributed by atoms with E-state index in [0.717, 1.165) is 0 Å². The summed E-state index contributed by atoms with van der Waals surface area (Å²) in [6.45, 7) is 0.101. The van der Waals surface area contributed by atoms with Crippen LogP contribution in [0.3, 0.4) is 0 Å². The molecule has 1 aromatic heterocycles. The molecule has 0 aromatic carbocycles. The van der Waals surface area contributed by atoms with Crippen LogP contribution in [0, 0.1) is 0 Å². The Balaban J connectivity index is 3.31. The van der Waals surface area contributed by atoms with Crippen LogP contribution in [0.2, 0.25) is 0 Å². The zero-order valence-electron chi connectivity index (χ0n) is 7.43. The van der Waals surface area contributed by atoms with Crippen LogP contribution in [0.5, 0.6) is 5.75 Å². The predicted molar refractivity (Wildman–Crippen MR) is 51.3 cm³/mol. The van der Waals surface area contributed by atoms with Gasteiger partial charge in [-0.25, -0.2) is 8.78 Å². The van der Waals surface area contributed by atoms with E-state index >= 15 is 0 Å². The largest absolute Gasteiger partial charge is 0.495 e. The first kappa shape index (κ1) is 11.3. The van der Waals surface area contributed by atoms with Gasteiger partial charge in [0.1, 0.15) is 5.75 Å². The quantitative estimate of drug-likeness (QED) is 0.913. The summed E-state index contributed by atoms with van der Waals surface area (Å²) in [4.78, 5) is 3.88. The minimum Gasteiger partial charge on any atom is -0.495 e. The minimum absolute atomic E-state index is 0.0593. The lowest BCUT2D eigenvalue weighted by Crippen LogP contribution is -2.05. The fraction of sp³-hybridized carbons (Fsp3) is 0.375. The van der Waals surface area contributed by atoms with Crippen molar-refractivity contribution >= 4 is 15.9 Å². The number of hydrogen-bond donors (Lipinski definition) is 1. The summed E-state index contributed by atoms with van der Waals surface area (Å²) in [5, 5.41) is 0. The Morgan fingerprint density at radius 2 is 2.29 bits per heavy atom. The second-order valence-corrected chi connectivity index (χ2v) is 3.30. The van der Waals surface area contributed by atoms with E-state index in [4.69, 9.17) is 10.5 Å². The molecule has 0 radical (unpaired) electrons. The first-order chi connectivity index (χ1) is 6.61. The van der Waals surface area contributed by atoms with Gasteiger partial charge in [-0.1, -0.05) is 0 Å². The first-order valence-corrected chi connectivity index (χ1v) is 4.60. The monoisotopic (exact) mass is 266 g/mol. The lowest BCUT2D eigenvalue weighted by molar-refractivity contribution is 0.146. The number of halogens is 3. The summed E-state index contributed by atoms with van der Waals surface area (Å²) in [5.74, 6) is 0.0593. The predicted octanol–water partition coefficient (Wildman–Crippen LogP) is 2.25. The average molecular weight is 267 g/mol. The molecular weight excluding hydrogens is 258 g/mol. The first-order valence-electron chi connectivity index (χ1n) is 3.81. The molecule has 0 saturated heterocycles. The van der Waals surface area contributed by atoms with Gasteiger partial charge in [0.25, 0.3) is 6.43 Å². The standard InChI is InChI=1S/C8H9BrF2N2O/c1-14-5-3-13-4(2-12)7(9)6(5)8(10)11/h3,8H,2,12H2,1H3. The van der Waals surface area contributed by atoms with Crippen molar-refractivity contribution < 1.29 is 13.5 Å². The topological polar surface area (TPSA) is 48.1 Å². The van der Waals surface area contributed by atoms with E-state index in [1.165, 1.54) is 13.3 Å². The molecule has 0 unspecified atom stereocenters. The van der Waals surface area contributed by atoms with Crippen molar-refractivity contribution in [2.24, 2.45) is 5.73 Å². The van der Waals surface area contributed by atoms with Crippen LogP contribution in [-0.4, -0.2) is 12.1 Å². The summed E-state index contributed by atoms with van der Waals surface area (Å²) in [5.41, 5.74) is 5.52. The average Bonchev–Trinajstić information content (AvgIpc) is 2.16. The highest BCUT2D eigenvalue weighted by Gasteiger charge is 2.20. The van der Waals surface area contributed by atoms with Crippen LogP contribution in [0.25, 0.3) is 0 Å². The highest BCUT2D eigenvalue weighted by atomic mass is 79.9. The van der Waals surface area contributed by atoms with Crippen molar-refractivity contribution in [3.05, 3.63) is 21.9 Å². The minimum atomic E-state index is -2.62. The molecule has 78 valence electrons. The number of alkyl halides is 2. The molecule has 6 heteroatoms. The van der Waals surface area contributed by atoms with E-state index in [1.54, 1.807) is 0 Å². The number of pyridine rings is 1. The fourth-order valence-electron chi connectivity index (χ4n) is 1.03. The molecule has 0 aliphatic heterocycles. The number of hydrogen-bond acceptors (Lipinski definition) is 3. The van der Waals surface area contributed by atoms with Crippen LogP contribution in [0.4, 0.5) is 8.78 Å². The fourth-order valence-corrected chi connectivity index (χ4v) is 1.67. The normalized spacial score (nSPS) is 10.7. The van der Waals surface area contributed by atoms with Gasteiger partial charge >= 0.3 is 0 Å². The Morgan fingerprint density at radius 1 is 1.64 bits per heavy atom. The van der Waals surface area contributed by atoms with Crippen LogP contribution in [0.1, 0.15) is 17.7 Å². The maximum Gasteiger partial charge on any atom is 0.268 e. The van der Waals surface area contributed by atoms with E-state index in [1.807, 2.05) is 0 Å². The smallest absolute Gasteiger partial charge is 0.268 e. The number of aromatic nitrogens is 1. The third kappa shape index (κ3) is 2.01. The van der Waals surface area contributed by atoms with Gasteiger partial charge in [0.05, 0.1) is 29.0 Å². The molecule has 0 fully saturated rings. The highest BCUT2D eigenvalue weighted by molar-refractivity contribution is 9.10. The molecule has 0 saturated carbocycles. The lowest BCUT2D eigenvalue weighted by atomic mass is 10.2. The molecule has 0 spiro atoms. The molecule has 0 amide bonds. The molecule has 1 aromatic rings. The molecule has 0 bridgehead atoms. The van der Waals surface area contributed by atoms with Crippen molar-refractivity contribution in [3.63, 3.8) is 0 Å². The zero-order chi connectivity index (χ0) is 10.7. The number of methoxy groups -OCH3 is 1. The summed E-state index contributed by atoms with van der Waals surface area (Å²) in [6, 6.07) is 0. The van der Waals surface area contributed by atoms with E-state index in [-0.39, 0.29) is 22.3 Å². The Labute approximate surface area is 88.4 Å².